The Bertz CT molecular complexity index is 1320. The van der Waals surface area contributed by atoms with E-state index in [2.05, 4.69) is 19.9 Å². The van der Waals surface area contributed by atoms with Crippen LogP contribution in [0, 0.1) is 6.92 Å². The van der Waals surface area contributed by atoms with Crippen molar-refractivity contribution in [3.8, 4) is 0 Å². The molecular formula is C21H18N4O2. The Balaban J connectivity index is 1.67. The molecule has 2 N–H and O–H groups in total. The normalized spacial score (nSPS) is 12.0. The molecule has 0 aliphatic carbocycles. The molecule has 0 saturated carbocycles. The number of hydrogen-bond acceptors (Lipinski definition) is 4. The molecule has 4 aromatic rings. The SMILES string of the molecule is C/C(=C/Cc1nc2ccccc2c(=O)[nH]1)c1ccc2c(=O)[nH]c(C)nc2c1. The van der Waals surface area contributed by atoms with Gasteiger partial charge in [0.2, 0.25) is 0 Å². The third-order valence-electron chi connectivity index (χ3n) is 4.54. The highest BCUT2D eigenvalue weighted by Crippen LogP contribution is 2.18. The summed E-state index contributed by atoms with van der Waals surface area (Å²) >= 11 is 0. The molecule has 0 spiro atoms. The van der Waals surface area contributed by atoms with Crippen LogP contribution < -0.4 is 11.1 Å². The molecule has 0 amide bonds. The number of H-pyrrole nitrogens is 2. The fraction of sp³-hybridized carbons (Fsp3) is 0.143. The summed E-state index contributed by atoms with van der Waals surface area (Å²) in [6.45, 7) is 3.75. The fourth-order valence-electron chi connectivity index (χ4n) is 3.10. The molecule has 4 rings (SSSR count). The molecule has 0 aliphatic rings. The molecule has 6 heteroatoms. The maximum atomic E-state index is 12.2. The maximum absolute atomic E-state index is 12.2. The molecule has 0 radical (unpaired) electrons. The fourth-order valence-corrected chi connectivity index (χ4v) is 3.10. The van der Waals surface area contributed by atoms with Crippen LogP contribution in [0.25, 0.3) is 27.4 Å². The number of nitrogens with one attached hydrogen (secondary N) is 2. The molecule has 0 unspecified atom stereocenters. The molecule has 27 heavy (non-hydrogen) atoms. The highest BCUT2D eigenvalue weighted by atomic mass is 16.1. The lowest BCUT2D eigenvalue weighted by atomic mass is 10.0. The van der Waals surface area contributed by atoms with Crippen LogP contribution in [0.4, 0.5) is 0 Å². The third kappa shape index (κ3) is 3.29. The van der Waals surface area contributed by atoms with E-state index in [1.54, 1.807) is 19.1 Å². The number of aromatic amines is 2. The number of hydrogen-bond donors (Lipinski definition) is 2. The topological polar surface area (TPSA) is 91.5 Å². The van der Waals surface area contributed by atoms with E-state index in [0.717, 1.165) is 11.1 Å². The van der Waals surface area contributed by atoms with Gasteiger partial charge in [0, 0.05) is 6.42 Å². The predicted octanol–water partition coefficient (Wildman–Crippen LogP) is 3.11. The van der Waals surface area contributed by atoms with Crippen molar-refractivity contribution in [2.24, 2.45) is 0 Å². The van der Waals surface area contributed by atoms with Crippen LogP contribution in [-0.4, -0.2) is 19.9 Å². The summed E-state index contributed by atoms with van der Waals surface area (Å²) in [5.74, 6) is 1.20. The van der Waals surface area contributed by atoms with E-state index in [-0.39, 0.29) is 11.1 Å². The minimum absolute atomic E-state index is 0.133. The lowest BCUT2D eigenvalue weighted by Crippen LogP contribution is -2.11. The largest absolute Gasteiger partial charge is 0.310 e. The van der Waals surface area contributed by atoms with Gasteiger partial charge in [-0.05, 0) is 49.2 Å². The Kier molecular flexibility index (Phi) is 4.16. The van der Waals surface area contributed by atoms with Crippen molar-refractivity contribution >= 4 is 27.4 Å². The van der Waals surface area contributed by atoms with Crippen molar-refractivity contribution in [2.75, 3.05) is 0 Å². The van der Waals surface area contributed by atoms with E-state index in [1.807, 2.05) is 43.3 Å². The monoisotopic (exact) mass is 358 g/mol. The zero-order valence-electron chi connectivity index (χ0n) is 15.0. The quantitative estimate of drug-likeness (QED) is 0.589. The highest BCUT2D eigenvalue weighted by molar-refractivity contribution is 5.82. The number of aryl methyl sites for hydroxylation is 1. The van der Waals surface area contributed by atoms with Crippen LogP contribution in [0.5, 0.6) is 0 Å². The van der Waals surface area contributed by atoms with Crippen LogP contribution in [0.3, 0.4) is 0 Å². The summed E-state index contributed by atoms with van der Waals surface area (Å²) in [7, 11) is 0. The van der Waals surface area contributed by atoms with Crippen LogP contribution >= 0.6 is 0 Å². The molecular weight excluding hydrogens is 340 g/mol. The van der Waals surface area contributed by atoms with Gasteiger partial charge in [0.1, 0.15) is 11.6 Å². The van der Waals surface area contributed by atoms with Gasteiger partial charge in [0.15, 0.2) is 0 Å². The predicted molar refractivity (Wildman–Crippen MR) is 107 cm³/mol. The Morgan fingerprint density at radius 2 is 1.70 bits per heavy atom. The summed E-state index contributed by atoms with van der Waals surface area (Å²) in [6.07, 6.45) is 2.51. The average Bonchev–Trinajstić information content (AvgIpc) is 2.65. The van der Waals surface area contributed by atoms with Crippen molar-refractivity contribution in [1.29, 1.82) is 0 Å². The van der Waals surface area contributed by atoms with E-state index in [9.17, 15) is 9.59 Å². The zero-order valence-corrected chi connectivity index (χ0v) is 15.0. The molecule has 0 aliphatic heterocycles. The second-order valence-corrected chi connectivity index (χ2v) is 6.50. The number of allylic oxidation sites excluding steroid dienone is 2. The Hall–Kier alpha value is -3.54. The average molecular weight is 358 g/mol. The molecule has 2 aromatic carbocycles. The van der Waals surface area contributed by atoms with Gasteiger partial charge in [0.25, 0.3) is 11.1 Å². The van der Waals surface area contributed by atoms with Gasteiger partial charge in [-0.25, -0.2) is 9.97 Å². The summed E-state index contributed by atoms with van der Waals surface area (Å²) in [4.78, 5) is 38.6. The van der Waals surface area contributed by atoms with Gasteiger partial charge in [-0.2, -0.15) is 0 Å². The van der Waals surface area contributed by atoms with Gasteiger partial charge in [0.05, 0.1) is 21.8 Å². The zero-order chi connectivity index (χ0) is 19.0. The summed E-state index contributed by atoms with van der Waals surface area (Å²) in [5, 5.41) is 1.15. The van der Waals surface area contributed by atoms with Crippen molar-refractivity contribution in [3.05, 3.63) is 86.5 Å². The van der Waals surface area contributed by atoms with Gasteiger partial charge < -0.3 is 9.97 Å². The van der Waals surface area contributed by atoms with Crippen LogP contribution in [0.15, 0.2) is 58.1 Å². The first-order chi connectivity index (χ1) is 13.0. The summed E-state index contributed by atoms with van der Waals surface area (Å²) < 4.78 is 0. The van der Waals surface area contributed by atoms with Crippen molar-refractivity contribution in [3.63, 3.8) is 0 Å². The third-order valence-corrected chi connectivity index (χ3v) is 4.54. The van der Waals surface area contributed by atoms with Crippen LogP contribution in [0.1, 0.15) is 24.1 Å². The number of nitrogens with zero attached hydrogens (tertiary/aromatic N) is 2. The number of fused-ring (bicyclic) bond motifs is 2. The lowest BCUT2D eigenvalue weighted by Gasteiger charge is -2.05. The molecule has 0 saturated heterocycles. The van der Waals surface area contributed by atoms with E-state index >= 15 is 0 Å². The number of aromatic nitrogens is 4. The molecule has 0 bridgehead atoms. The first kappa shape index (κ1) is 16.9. The van der Waals surface area contributed by atoms with Gasteiger partial charge in [-0.15, -0.1) is 0 Å². The number of benzene rings is 2. The second-order valence-electron chi connectivity index (χ2n) is 6.50. The minimum atomic E-state index is -0.136. The molecule has 0 fully saturated rings. The Morgan fingerprint density at radius 3 is 2.56 bits per heavy atom. The van der Waals surface area contributed by atoms with Crippen molar-refractivity contribution in [2.45, 2.75) is 20.3 Å². The summed E-state index contributed by atoms with van der Waals surface area (Å²) in [5.41, 5.74) is 3.08. The maximum Gasteiger partial charge on any atom is 0.258 e. The number of rotatable bonds is 3. The molecule has 0 atom stereocenters. The van der Waals surface area contributed by atoms with E-state index < -0.39 is 0 Å². The van der Waals surface area contributed by atoms with E-state index in [4.69, 9.17) is 0 Å². The molecule has 134 valence electrons. The van der Waals surface area contributed by atoms with Crippen molar-refractivity contribution < 1.29 is 0 Å². The van der Waals surface area contributed by atoms with Crippen molar-refractivity contribution in [1.82, 2.24) is 19.9 Å². The Morgan fingerprint density at radius 1 is 0.963 bits per heavy atom. The van der Waals surface area contributed by atoms with Crippen LogP contribution in [0.2, 0.25) is 0 Å². The van der Waals surface area contributed by atoms with E-state index in [1.165, 1.54) is 0 Å². The van der Waals surface area contributed by atoms with Gasteiger partial charge in [-0.1, -0.05) is 24.3 Å². The Labute approximate surface area is 154 Å². The highest BCUT2D eigenvalue weighted by Gasteiger charge is 2.05. The van der Waals surface area contributed by atoms with Gasteiger partial charge in [-0.3, -0.25) is 9.59 Å². The van der Waals surface area contributed by atoms with E-state index in [0.29, 0.717) is 39.9 Å². The molecule has 6 nitrogen and oxygen atoms in total. The molecule has 2 aromatic heterocycles. The smallest absolute Gasteiger partial charge is 0.258 e. The minimum Gasteiger partial charge on any atom is -0.310 e. The summed E-state index contributed by atoms with van der Waals surface area (Å²) in [6, 6.07) is 12.9. The number of para-hydroxylation sites is 1. The standard InChI is InChI=1S/C21H18N4O2/c1-12(14-8-9-16-18(11-14)22-13(2)23-20(16)26)7-10-19-24-17-6-4-3-5-15(17)21(27)25-19/h3-9,11H,10H2,1-2H3,(H,22,23,26)(H,24,25,27)/b12-7-. The van der Waals surface area contributed by atoms with Crippen LogP contribution in [-0.2, 0) is 6.42 Å². The van der Waals surface area contributed by atoms with Gasteiger partial charge >= 0.3 is 0 Å². The first-order valence-corrected chi connectivity index (χ1v) is 8.67. The lowest BCUT2D eigenvalue weighted by molar-refractivity contribution is 0.994. The first-order valence-electron chi connectivity index (χ1n) is 8.67. The molecule has 2 heterocycles. The second kappa shape index (κ2) is 6.64.